The summed E-state index contributed by atoms with van der Waals surface area (Å²) in [4.78, 5) is 28.0. The lowest BCUT2D eigenvalue weighted by Gasteiger charge is -2.38. The van der Waals surface area contributed by atoms with Gasteiger partial charge >= 0.3 is 0 Å². The Kier molecular flexibility index (Phi) is 8.21. The number of nitrogens with one attached hydrogen (secondary N) is 1. The number of allylic oxidation sites excluding steroid dienone is 1. The van der Waals surface area contributed by atoms with E-state index in [1.54, 1.807) is 18.0 Å². The number of carbonyl (C=O) groups is 2. The summed E-state index contributed by atoms with van der Waals surface area (Å²) >= 11 is 0. The molecule has 0 spiro atoms. The van der Waals surface area contributed by atoms with Gasteiger partial charge in [0.2, 0.25) is 11.8 Å². The van der Waals surface area contributed by atoms with E-state index >= 15 is 0 Å². The number of carbonyl (C=O) groups excluding carboxylic acids is 2. The number of azo groups is 1. The number of nitrogens with zero attached hydrogens (tertiary/aromatic N) is 3. The van der Waals surface area contributed by atoms with E-state index in [1.165, 1.54) is 25.2 Å². The van der Waals surface area contributed by atoms with Gasteiger partial charge in [-0.2, -0.15) is 10.2 Å². The van der Waals surface area contributed by atoms with Crippen LogP contribution in [0.3, 0.4) is 0 Å². The molecule has 34 heavy (non-hydrogen) atoms. The Bertz CT molecular complexity index is 957. The van der Waals surface area contributed by atoms with Crippen LogP contribution in [-0.4, -0.2) is 43.4 Å². The highest BCUT2D eigenvalue weighted by molar-refractivity contribution is 5.91. The second-order valence-electron chi connectivity index (χ2n) is 9.89. The minimum absolute atomic E-state index is 0.0564. The van der Waals surface area contributed by atoms with Crippen LogP contribution in [0.4, 0.5) is 8.78 Å². The SMILES string of the molecule is C/N=N\C(=C/C(C)[C@H]1CC[C@](C(=O)N2CCCC2C(=O)NC)(C(C)C)C1)c1c(F)cccc1F. The molecule has 1 aliphatic carbocycles. The molecule has 1 N–H and O–H groups in total. The molecule has 0 aromatic heterocycles. The molecule has 8 heteroatoms. The molecule has 2 aliphatic rings. The van der Waals surface area contributed by atoms with E-state index in [0.717, 1.165) is 19.3 Å². The maximum Gasteiger partial charge on any atom is 0.242 e. The zero-order valence-corrected chi connectivity index (χ0v) is 20.8. The maximum absolute atomic E-state index is 14.4. The molecule has 2 unspecified atom stereocenters. The number of rotatable bonds is 7. The van der Waals surface area contributed by atoms with Crippen molar-refractivity contribution < 1.29 is 18.4 Å². The molecule has 6 nitrogen and oxygen atoms in total. The molecule has 3 rings (SSSR count). The Morgan fingerprint density at radius 3 is 2.47 bits per heavy atom. The van der Waals surface area contributed by atoms with Crippen LogP contribution in [0.25, 0.3) is 5.70 Å². The van der Waals surface area contributed by atoms with E-state index in [9.17, 15) is 18.4 Å². The highest BCUT2D eigenvalue weighted by Gasteiger charge is 2.52. The third-order valence-electron chi connectivity index (χ3n) is 7.77. The first kappa shape index (κ1) is 26.0. The van der Waals surface area contributed by atoms with Gasteiger partial charge in [-0.05, 0) is 62.0 Å². The second kappa shape index (κ2) is 10.7. The Morgan fingerprint density at radius 1 is 1.21 bits per heavy atom. The summed E-state index contributed by atoms with van der Waals surface area (Å²) in [6.45, 7) is 6.73. The normalized spacial score (nSPS) is 26.5. The molecule has 2 fully saturated rings. The second-order valence-corrected chi connectivity index (χ2v) is 9.89. The van der Waals surface area contributed by atoms with Crippen LogP contribution in [0.1, 0.15) is 58.4 Å². The van der Waals surface area contributed by atoms with Crippen molar-refractivity contribution >= 4 is 17.5 Å². The van der Waals surface area contributed by atoms with Crippen molar-refractivity contribution in [3.05, 3.63) is 41.5 Å². The first-order chi connectivity index (χ1) is 16.2. The van der Waals surface area contributed by atoms with E-state index < -0.39 is 23.1 Å². The van der Waals surface area contributed by atoms with Gasteiger partial charge in [0.25, 0.3) is 0 Å². The van der Waals surface area contributed by atoms with Crippen molar-refractivity contribution in [1.29, 1.82) is 0 Å². The average Bonchev–Trinajstić information content (AvgIpc) is 3.46. The molecular formula is C26H36F2N4O2. The van der Waals surface area contributed by atoms with E-state index in [2.05, 4.69) is 29.4 Å². The van der Waals surface area contributed by atoms with Crippen molar-refractivity contribution in [3.63, 3.8) is 0 Å². The number of likely N-dealkylation sites (N-methyl/N-ethyl adjacent to an activating group) is 1. The van der Waals surface area contributed by atoms with Gasteiger partial charge in [-0.1, -0.05) is 32.9 Å². The van der Waals surface area contributed by atoms with Gasteiger partial charge < -0.3 is 10.2 Å². The highest BCUT2D eigenvalue weighted by Crippen LogP contribution is 2.51. The summed E-state index contributed by atoms with van der Waals surface area (Å²) < 4.78 is 28.8. The zero-order chi connectivity index (χ0) is 25.0. The van der Waals surface area contributed by atoms with Crippen LogP contribution >= 0.6 is 0 Å². The molecule has 1 aromatic rings. The predicted octanol–water partition coefficient (Wildman–Crippen LogP) is 5.20. The van der Waals surface area contributed by atoms with Crippen molar-refractivity contribution in [3.8, 4) is 0 Å². The predicted molar refractivity (Wildman–Crippen MR) is 128 cm³/mol. The number of halogens is 2. The smallest absolute Gasteiger partial charge is 0.242 e. The van der Waals surface area contributed by atoms with Gasteiger partial charge in [0.1, 0.15) is 17.7 Å². The Labute approximate surface area is 200 Å². The number of hydrogen-bond acceptors (Lipinski definition) is 4. The molecule has 1 aromatic carbocycles. The lowest BCUT2D eigenvalue weighted by molar-refractivity contribution is -0.149. The minimum Gasteiger partial charge on any atom is -0.357 e. The highest BCUT2D eigenvalue weighted by atomic mass is 19.1. The molecule has 1 heterocycles. The van der Waals surface area contributed by atoms with Crippen LogP contribution in [-0.2, 0) is 9.59 Å². The quantitative estimate of drug-likeness (QED) is 0.552. The van der Waals surface area contributed by atoms with Crippen LogP contribution < -0.4 is 5.32 Å². The monoisotopic (exact) mass is 474 g/mol. The number of benzene rings is 1. The molecule has 4 atom stereocenters. The van der Waals surface area contributed by atoms with Gasteiger partial charge in [-0.15, -0.1) is 0 Å². The standard InChI is InChI=1S/C26H36F2N4O2/c1-16(2)26(25(34)32-13-7-10-22(32)24(33)29-4)12-11-18(15-26)17(3)14-21(31-30-5)23-19(27)8-6-9-20(23)28/h6,8-9,14,16-18,22H,7,10-13,15H2,1-5H3,(H,29,33)/b21-14-,31-30-/t17?,18-,22?,26+/m0/s1. The maximum atomic E-state index is 14.4. The summed E-state index contributed by atoms with van der Waals surface area (Å²) in [5.41, 5.74) is -0.577. The number of hydrogen-bond donors (Lipinski definition) is 1. The first-order valence-corrected chi connectivity index (χ1v) is 12.1. The fraction of sp³-hybridized carbons (Fsp3) is 0.615. The Hall–Kier alpha value is -2.64. The van der Waals surface area contributed by atoms with E-state index in [-0.39, 0.29) is 40.8 Å². The molecule has 186 valence electrons. The van der Waals surface area contributed by atoms with E-state index in [4.69, 9.17) is 0 Å². The summed E-state index contributed by atoms with van der Waals surface area (Å²) in [5, 5.41) is 10.5. The van der Waals surface area contributed by atoms with Crippen LogP contribution in [0, 0.1) is 34.8 Å². The van der Waals surface area contributed by atoms with Crippen LogP contribution in [0.5, 0.6) is 0 Å². The molecule has 1 saturated heterocycles. The van der Waals surface area contributed by atoms with Crippen LogP contribution in [0.2, 0.25) is 0 Å². The van der Waals surface area contributed by atoms with Crippen molar-refractivity contribution in [1.82, 2.24) is 10.2 Å². The fourth-order valence-corrected chi connectivity index (χ4v) is 5.67. The molecule has 0 radical (unpaired) electrons. The van der Waals surface area contributed by atoms with Gasteiger partial charge in [-0.25, -0.2) is 8.78 Å². The summed E-state index contributed by atoms with van der Waals surface area (Å²) in [7, 11) is 3.07. The lowest BCUT2D eigenvalue weighted by Crippen LogP contribution is -2.51. The number of amides is 2. The van der Waals surface area contributed by atoms with Crippen LogP contribution in [0.15, 0.2) is 34.5 Å². The van der Waals surface area contributed by atoms with Crippen molar-refractivity contribution in [2.45, 2.75) is 58.9 Å². The topological polar surface area (TPSA) is 74.1 Å². The average molecular weight is 475 g/mol. The summed E-state index contributed by atoms with van der Waals surface area (Å²) in [6.07, 6.45) is 5.47. The third-order valence-corrected chi connectivity index (χ3v) is 7.77. The number of likely N-dealkylation sites (tertiary alicyclic amines) is 1. The van der Waals surface area contributed by atoms with Gasteiger partial charge in [0, 0.05) is 20.6 Å². The van der Waals surface area contributed by atoms with Gasteiger partial charge in [0.15, 0.2) is 0 Å². The third kappa shape index (κ3) is 4.91. The van der Waals surface area contributed by atoms with Gasteiger partial charge in [0.05, 0.1) is 16.7 Å². The van der Waals surface area contributed by atoms with Crippen molar-refractivity contribution in [2.24, 2.45) is 33.4 Å². The largest absolute Gasteiger partial charge is 0.357 e. The van der Waals surface area contributed by atoms with E-state index in [1.807, 2.05) is 6.92 Å². The lowest BCUT2D eigenvalue weighted by atomic mass is 9.72. The van der Waals surface area contributed by atoms with Crippen molar-refractivity contribution in [2.75, 3.05) is 20.6 Å². The summed E-state index contributed by atoms with van der Waals surface area (Å²) in [6, 6.07) is 3.32. The fourth-order valence-electron chi connectivity index (χ4n) is 5.67. The Balaban J connectivity index is 1.87. The first-order valence-electron chi connectivity index (χ1n) is 12.1. The molecular weight excluding hydrogens is 438 g/mol. The molecule has 1 saturated carbocycles. The Morgan fingerprint density at radius 2 is 1.88 bits per heavy atom. The van der Waals surface area contributed by atoms with E-state index in [0.29, 0.717) is 19.4 Å². The molecule has 0 bridgehead atoms. The summed E-state index contributed by atoms with van der Waals surface area (Å²) in [5.74, 6) is -1.24. The zero-order valence-electron chi connectivity index (χ0n) is 20.8. The minimum atomic E-state index is -0.682. The molecule has 1 aliphatic heterocycles. The van der Waals surface area contributed by atoms with Gasteiger partial charge in [-0.3, -0.25) is 9.59 Å². The molecule has 2 amide bonds.